The molecule has 0 spiro atoms. The van der Waals surface area contributed by atoms with Crippen LogP contribution in [-0.4, -0.2) is 23.2 Å². The Morgan fingerprint density at radius 3 is 2.27 bits per heavy atom. The number of hydrogen-bond donors (Lipinski definition) is 1. The number of benzene rings is 1. The highest BCUT2D eigenvalue weighted by Crippen LogP contribution is 2.24. The number of carbonyl (C=O) groups excluding carboxylic acids is 1. The minimum atomic E-state index is -0.360. The highest BCUT2D eigenvalue weighted by molar-refractivity contribution is 9.10. The third kappa shape index (κ3) is 5.41. The van der Waals surface area contributed by atoms with E-state index in [9.17, 15) is 9.59 Å². The molecule has 1 aromatic carbocycles. The number of carbonyl (C=O) groups is 1. The summed E-state index contributed by atoms with van der Waals surface area (Å²) in [6.45, 7) is 13.2. The lowest BCUT2D eigenvalue weighted by Gasteiger charge is -2.20. The second-order valence-corrected chi connectivity index (χ2v) is 8.52. The normalized spacial score (nSPS) is 11.2. The molecular formula is C24H33BrN2O3. The quantitative estimate of drug-likeness (QED) is 0.491. The number of hydrogen-bond acceptors (Lipinski definition) is 3. The van der Waals surface area contributed by atoms with E-state index in [-0.39, 0.29) is 23.0 Å². The summed E-state index contributed by atoms with van der Waals surface area (Å²) < 4.78 is 8.10. The fourth-order valence-electron chi connectivity index (χ4n) is 3.67. The third-order valence-corrected chi connectivity index (χ3v) is 6.29. The van der Waals surface area contributed by atoms with E-state index in [2.05, 4.69) is 35.1 Å². The number of nitrogens with zero attached hydrogens (tertiary/aromatic N) is 1. The largest absolute Gasteiger partial charge is 0.379 e. The molecule has 164 valence electrons. The van der Waals surface area contributed by atoms with Gasteiger partial charge < -0.3 is 14.6 Å². The lowest BCUT2D eigenvalue weighted by molar-refractivity contribution is 0.0746. The van der Waals surface area contributed by atoms with Crippen LogP contribution in [0.3, 0.4) is 0 Å². The number of anilines is 1. The molecule has 5 nitrogen and oxygen atoms in total. The molecule has 1 N–H and O–H groups in total. The molecule has 6 heteroatoms. The number of amides is 1. The molecule has 0 fully saturated rings. The second kappa shape index (κ2) is 10.9. The number of aromatic nitrogens is 1. The van der Waals surface area contributed by atoms with E-state index in [1.165, 1.54) is 0 Å². The number of ether oxygens (including phenoxy) is 1. The first kappa shape index (κ1) is 24.4. The van der Waals surface area contributed by atoms with Gasteiger partial charge in [0, 0.05) is 30.2 Å². The molecule has 0 atom stereocenters. The van der Waals surface area contributed by atoms with E-state index in [0.29, 0.717) is 23.3 Å². The molecule has 0 aliphatic heterocycles. The van der Waals surface area contributed by atoms with Crippen molar-refractivity contribution in [1.29, 1.82) is 0 Å². The summed E-state index contributed by atoms with van der Waals surface area (Å²) in [6, 6.07) is 6.03. The average Bonchev–Trinajstić information content (AvgIpc) is 2.71. The van der Waals surface area contributed by atoms with Crippen LogP contribution in [0.1, 0.15) is 67.0 Å². The van der Waals surface area contributed by atoms with Crippen molar-refractivity contribution in [3.63, 3.8) is 0 Å². The summed E-state index contributed by atoms with van der Waals surface area (Å²) in [4.78, 5) is 26.2. The monoisotopic (exact) mass is 476 g/mol. The van der Waals surface area contributed by atoms with E-state index in [4.69, 9.17) is 4.74 Å². The Labute approximate surface area is 188 Å². The molecule has 0 saturated carbocycles. The van der Waals surface area contributed by atoms with Crippen LogP contribution in [0.5, 0.6) is 0 Å². The maximum Gasteiger partial charge on any atom is 0.261 e. The number of halogens is 1. The number of nitrogens with one attached hydrogen (secondary N) is 1. The van der Waals surface area contributed by atoms with Crippen LogP contribution >= 0.6 is 15.9 Å². The molecule has 0 unspecified atom stereocenters. The van der Waals surface area contributed by atoms with Crippen LogP contribution < -0.4 is 10.7 Å². The summed E-state index contributed by atoms with van der Waals surface area (Å²) in [6.07, 6.45) is 2.59. The summed E-state index contributed by atoms with van der Waals surface area (Å²) in [5.74, 6) is -0.360. The standard InChI is InChI=1S/C24H33BrN2O3/c1-7-18-11-9-12-19(8-2)22(18)26-24(29)20-16(5)27(13-10-14-30-15(3)4)17(6)21(25)23(20)28/h9,11-12,15H,7-8,10,13-14H2,1-6H3,(H,26,29). The van der Waals surface area contributed by atoms with Crippen molar-refractivity contribution in [3.05, 3.63) is 61.0 Å². The summed E-state index contributed by atoms with van der Waals surface area (Å²) in [7, 11) is 0. The first-order chi connectivity index (χ1) is 14.2. The number of para-hydroxylation sites is 1. The van der Waals surface area contributed by atoms with Gasteiger partial charge in [0.2, 0.25) is 5.43 Å². The van der Waals surface area contributed by atoms with Gasteiger partial charge in [0.05, 0.1) is 10.6 Å². The predicted octanol–water partition coefficient (Wildman–Crippen LogP) is 5.42. The Morgan fingerprint density at radius 1 is 1.13 bits per heavy atom. The summed E-state index contributed by atoms with van der Waals surface area (Å²) >= 11 is 3.41. The zero-order chi connectivity index (χ0) is 22.4. The van der Waals surface area contributed by atoms with Gasteiger partial charge in [-0.25, -0.2) is 0 Å². The van der Waals surface area contributed by atoms with Crippen LogP contribution in [0.15, 0.2) is 27.5 Å². The van der Waals surface area contributed by atoms with Gasteiger partial charge in [-0.3, -0.25) is 9.59 Å². The lowest BCUT2D eigenvalue weighted by Crippen LogP contribution is -2.29. The molecule has 2 aromatic rings. The zero-order valence-corrected chi connectivity index (χ0v) is 20.5. The van der Waals surface area contributed by atoms with E-state index in [0.717, 1.165) is 41.8 Å². The van der Waals surface area contributed by atoms with Gasteiger partial charge in [-0.1, -0.05) is 32.0 Å². The van der Waals surface area contributed by atoms with Crippen molar-refractivity contribution in [1.82, 2.24) is 4.57 Å². The fraction of sp³-hybridized carbons (Fsp3) is 0.500. The highest BCUT2D eigenvalue weighted by Gasteiger charge is 2.22. The van der Waals surface area contributed by atoms with Crippen LogP contribution in [0.25, 0.3) is 0 Å². The Morgan fingerprint density at radius 2 is 1.73 bits per heavy atom. The molecule has 0 aliphatic rings. The lowest BCUT2D eigenvalue weighted by atomic mass is 10.0. The topological polar surface area (TPSA) is 60.3 Å². The van der Waals surface area contributed by atoms with E-state index < -0.39 is 0 Å². The van der Waals surface area contributed by atoms with Crippen molar-refractivity contribution in [2.75, 3.05) is 11.9 Å². The van der Waals surface area contributed by atoms with Crippen LogP contribution in [0.4, 0.5) is 5.69 Å². The Hall–Kier alpha value is -1.92. The number of pyridine rings is 1. The number of rotatable bonds is 9. The zero-order valence-electron chi connectivity index (χ0n) is 18.9. The molecule has 1 aromatic heterocycles. The Balaban J connectivity index is 2.42. The first-order valence-electron chi connectivity index (χ1n) is 10.7. The molecular weight excluding hydrogens is 444 g/mol. The summed E-state index contributed by atoms with van der Waals surface area (Å²) in [5.41, 5.74) is 4.36. The molecule has 0 bridgehead atoms. The van der Waals surface area contributed by atoms with Crippen LogP contribution in [0.2, 0.25) is 0 Å². The molecule has 2 rings (SSSR count). The van der Waals surface area contributed by atoms with Crippen molar-refractivity contribution < 1.29 is 9.53 Å². The average molecular weight is 477 g/mol. The molecule has 1 heterocycles. The molecule has 1 amide bonds. The maximum atomic E-state index is 13.3. The van der Waals surface area contributed by atoms with Crippen molar-refractivity contribution >= 4 is 27.5 Å². The predicted molar refractivity (Wildman–Crippen MR) is 127 cm³/mol. The molecule has 0 radical (unpaired) electrons. The van der Waals surface area contributed by atoms with Crippen LogP contribution in [0, 0.1) is 13.8 Å². The minimum absolute atomic E-state index is 0.181. The van der Waals surface area contributed by atoms with Gasteiger partial charge in [-0.15, -0.1) is 0 Å². The smallest absolute Gasteiger partial charge is 0.261 e. The van der Waals surface area contributed by atoms with E-state index in [1.54, 1.807) is 0 Å². The maximum absolute atomic E-state index is 13.3. The Kier molecular flexibility index (Phi) is 8.86. The van der Waals surface area contributed by atoms with Gasteiger partial charge in [-0.05, 0) is 74.0 Å². The van der Waals surface area contributed by atoms with Crippen molar-refractivity contribution in [3.8, 4) is 0 Å². The van der Waals surface area contributed by atoms with Gasteiger partial charge in [0.15, 0.2) is 0 Å². The van der Waals surface area contributed by atoms with Gasteiger partial charge in [0.25, 0.3) is 5.91 Å². The van der Waals surface area contributed by atoms with E-state index >= 15 is 0 Å². The molecule has 0 saturated heterocycles. The van der Waals surface area contributed by atoms with Gasteiger partial charge >= 0.3 is 0 Å². The first-order valence-corrected chi connectivity index (χ1v) is 11.4. The van der Waals surface area contributed by atoms with Crippen molar-refractivity contribution in [2.45, 2.75) is 73.5 Å². The summed E-state index contributed by atoms with van der Waals surface area (Å²) in [5, 5.41) is 3.04. The van der Waals surface area contributed by atoms with Crippen LogP contribution in [-0.2, 0) is 24.1 Å². The minimum Gasteiger partial charge on any atom is -0.379 e. The SMILES string of the molecule is CCc1cccc(CC)c1NC(=O)c1c(C)n(CCCOC(C)C)c(C)c(Br)c1=O. The van der Waals surface area contributed by atoms with Crippen molar-refractivity contribution in [2.24, 2.45) is 0 Å². The molecule has 30 heavy (non-hydrogen) atoms. The van der Waals surface area contributed by atoms with Gasteiger partial charge in [0.1, 0.15) is 5.56 Å². The number of aryl methyl sites for hydroxylation is 2. The molecule has 0 aliphatic carbocycles. The van der Waals surface area contributed by atoms with Gasteiger partial charge in [-0.2, -0.15) is 0 Å². The van der Waals surface area contributed by atoms with E-state index in [1.807, 2.05) is 50.5 Å². The fourth-order valence-corrected chi connectivity index (χ4v) is 4.08. The highest BCUT2D eigenvalue weighted by atomic mass is 79.9. The Bertz CT molecular complexity index is 942. The third-order valence-electron chi connectivity index (χ3n) is 5.36. The second-order valence-electron chi connectivity index (χ2n) is 7.73.